The molecule has 0 radical (unpaired) electrons. The Bertz CT molecular complexity index is 750. The van der Waals surface area contributed by atoms with Crippen molar-refractivity contribution in [2.75, 3.05) is 18.0 Å². The zero-order valence-electron chi connectivity index (χ0n) is 13.2. The van der Waals surface area contributed by atoms with Crippen molar-refractivity contribution >= 4 is 5.82 Å². The Hall–Kier alpha value is -2.22. The second kappa shape index (κ2) is 5.94. The average Bonchev–Trinajstić information content (AvgIpc) is 2.60. The number of piperazine rings is 1. The second-order valence-electron chi connectivity index (χ2n) is 6.51. The van der Waals surface area contributed by atoms with Crippen LogP contribution in [0.1, 0.15) is 17.7 Å². The number of nitrogens with zero attached hydrogens (tertiary/aromatic N) is 4. The lowest BCUT2D eigenvalue weighted by atomic mass is 9.86. The molecule has 2 unspecified atom stereocenters. The second-order valence-corrected chi connectivity index (χ2v) is 6.51. The summed E-state index contributed by atoms with van der Waals surface area (Å²) in [6, 6.07) is 7.96. The van der Waals surface area contributed by atoms with Crippen LogP contribution < -0.4 is 4.90 Å². The zero-order valence-corrected chi connectivity index (χ0v) is 13.2. The number of piperidine rings is 1. The minimum atomic E-state index is -4.47. The van der Waals surface area contributed by atoms with E-state index in [2.05, 4.69) is 14.9 Å². The van der Waals surface area contributed by atoms with Crippen LogP contribution in [0.15, 0.2) is 36.7 Å². The van der Waals surface area contributed by atoms with Gasteiger partial charge in [-0.15, -0.1) is 0 Å². The van der Waals surface area contributed by atoms with E-state index in [4.69, 9.17) is 0 Å². The summed E-state index contributed by atoms with van der Waals surface area (Å²) in [6.07, 6.45) is -2.48. The van der Waals surface area contributed by atoms with Crippen LogP contribution in [0, 0.1) is 5.82 Å². The third-order valence-corrected chi connectivity index (χ3v) is 4.89. The van der Waals surface area contributed by atoms with E-state index in [0.717, 1.165) is 30.9 Å². The van der Waals surface area contributed by atoms with E-state index >= 15 is 0 Å². The van der Waals surface area contributed by atoms with Gasteiger partial charge in [-0.3, -0.25) is 4.90 Å². The molecule has 4 heterocycles. The van der Waals surface area contributed by atoms with Gasteiger partial charge in [0.2, 0.25) is 0 Å². The number of anilines is 1. The first-order valence-corrected chi connectivity index (χ1v) is 8.04. The number of hydrogen-bond donors (Lipinski definition) is 0. The predicted molar refractivity (Wildman–Crippen MR) is 83.4 cm³/mol. The van der Waals surface area contributed by atoms with Crippen molar-refractivity contribution in [1.82, 2.24) is 14.9 Å². The highest BCUT2D eigenvalue weighted by Gasteiger charge is 2.45. The standard InChI is InChI=1S/C17H16F4N4/c18-12-3-1-11(2-4-12)7-25-13-5-14(25)9-24(8-13)16-6-15(17(19,20)21)22-10-23-16/h1-4,6,10,13-14H,5,7-9H2. The molecular formula is C17H16F4N4. The number of benzene rings is 1. The molecule has 132 valence electrons. The van der Waals surface area contributed by atoms with Crippen molar-refractivity contribution in [2.24, 2.45) is 0 Å². The number of alkyl halides is 3. The molecular weight excluding hydrogens is 336 g/mol. The predicted octanol–water partition coefficient (Wildman–Crippen LogP) is 3.10. The molecule has 0 N–H and O–H groups in total. The maximum absolute atomic E-state index is 13.0. The molecule has 0 spiro atoms. The average molecular weight is 352 g/mol. The Balaban J connectivity index is 1.44. The van der Waals surface area contributed by atoms with E-state index in [0.29, 0.717) is 18.9 Å². The van der Waals surface area contributed by atoms with Crippen LogP contribution in [-0.2, 0) is 12.7 Å². The smallest absolute Gasteiger partial charge is 0.353 e. The Kier molecular flexibility index (Phi) is 3.87. The molecule has 4 nitrogen and oxygen atoms in total. The van der Waals surface area contributed by atoms with E-state index in [9.17, 15) is 17.6 Å². The molecule has 2 atom stereocenters. The number of hydrogen-bond acceptors (Lipinski definition) is 4. The summed E-state index contributed by atoms with van der Waals surface area (Å²) in [4.78, 5) is 11.5. The lowest BCUT2D eigenvalue weighted by molar-refractivity contribution is -0.141. The van der Waals surface area contributed by atoms with Crippen LogP contribution in [0.5, 0.6) is 0 Å². The summed E-state index contributed by atoms with van der Waals surface area (Å²) < 4.78 is 51.4. The van der Waals surface area contributed by atoms with Gasteiger partial charge in [-0.05, 0) is 24.1 Å². The highest BCUT2D eigenvalue weighted by molar-refractivity contribution is 5.42. The van der Waals surface area contributed by atoms with Crippen molar-refractivity contribution in [3.63, 3.8) is 0 Å². The third kappa shape index (κ3) is 3.18. The SMILES string of the molecule is Fc1ccc(CN2C3CC2CN(c2cc(C(F)(F)F)ncn2)C3)cc1. The first kappa shape index (κ1) is 16.3. The van der Waals surface area contributed by atoms with Gasteiger partial charge in [0.25, 0.3) is 0 Å². The maximum atomic E-state index is 13.0. The Labute approximate surface area is 142 Å². The van der Waals surface area contributed by atoms with Gasteiger partial charge in [-0.2, -0.15) is 13.2 Å². The molecule has 2 aromatic rings. The Morgan fingerprint density at radius 1 is 1.04 bits per heavy atom. The number of halogens is 4. The summed E-state index contributed by atoms with van der Waals surface area (Å²) in [6.45, 7) is 1.99. The van der Waals surface area contributed by atoms with Gasteiger partial charge >= 0.3 is 6.18 Å². The van der Waals surface area contributed by atoms with E-state index in [-0.39, 0.29) is 17.9 Å². The molecule has 5 rings (SSSR count). The molecule has 0 aliphatic carbocycles. The Morgan fingerprint density at radius 3 is 2.36 bits per heavy atom. The first-order chi connectivity index (χ1) is 11.9. The monoisotopic (exact) mass is 352 g/mol. The number of rotatable bonds is 3. The van der Waals surface area contributed by atoms with Crippen LogP contribution in [0.3, 0.4) is 0 Å². The molecule has 0 saturated carbocycles. The largest absolute Gasteiger partial charge is 0.433 e. The van der Waals surface area contributed by atoms with Gasteiger partial charge < -0.3 is 4.90 Å². The highest BCUT2D eigenvalue weighted by atomic mass is 19.4. The van der Waals surface area contributed by atoms with Gasteiger partial charge in [0.15, 0.2) is 0 Å². The Morgan fingerprint density at radius 2 is 1.72 bits per heavy atom. The van der Waals surface area contributed by atoms with E-state index in [1.807, 2.05) is 4.90 Å². The van der Waals surface area contributed by atoms with Crippen LogP contribution in [0.2, 0.25) is 0 Å². The molecule has 3 aliphatic rings. The zero-order chi connectivity index (χ0) is 17.6. The molecule has 3 saturated heterocycles. The third-order valence-electron chi connectivity index (χ3n) is 4.89. The fourth-order valence-electron chi connectivity index (χ4n) is 3.61. The van der Waals surface area contributed by atoms with Crippen LogP contribution in [0.4, 0.5) is 23.4 Å². The van der Waals surface area contributed by atoms with Gasteiger partial charge in [0.1, 0.15) is 23.7 Å². The molecule has 1 aromatic carbocycles. The quantitative estimate of drug-likeness (QED) is 0.795. The topological polar surface area (TPSA) is 32.3 Å². The van der Waals surface area contributed by atoms with Gasteiger partial charge in [0, 0.05) is 37.8 Å². The normalized spacial score (nSPS) is 23.4. The lowest BCUT2D eigenvalue weighted by Crippen LogP contribution is -2.68. The summed E-state index contributed by atoms with van der Waals surface area (Å²) >= 11 is 0. The van der Waals surface area contributed by atoms with Crippen molar-refractivity contribution < 1.29 is 17.6 Å². The molecule has 1 aromatic heterocycles. The van der Waals surface area contributed by atoms with Crippen molar-refractivity contribution in [2.45, 2.75) is 31.2 Å². The molecule has 25 heavy (non-hydrogen) atoms. The summed E-state index contributed by atoms with van der Waals surface area (Å²) in [7, 11) is 0. The van der Waals surface area contributed by atoms with Crippen LogP contribution in [0.25, 0.3) is 0 Å². The lowest BCUT2D eigenvalue weighted by Gasteiger charge is -2.56. The van der Waals surface area contributed by atoms with Crippen molar-refractivity contribution in [3.05, 3.63) is 53.7 Å². The summed E-state index contributed by atoms with van der Waals surface area (Å²) in [5, 5.41) is 0. The van der Waals surface area contributed by atoms with Crippen molar-refractivity contribution in [1.29, 1.82) is 0 Å². The molecule has 0 amide bonds. The van der Waals surface area contributed by atoms with Gasteiger partial charge in [-0.1, -0.05) is 12.1 Å². The summed E-state index contributed by atoms with van der Waals surface area (Å²) in [5.41, 5.74) is 0.117. The minimum absolute atomic E-state index is 0.261. The van der Waals surface area contributed by atoms with Crippen LogP contribution in [-0.4, -0.2) is 40.0 Å². The number of aromatic nitrogens is 2. The molecule has 2 bridgehead atoms. The highest BCUT2D eigenvalue weighted by Crippen LogP contribution is 2.36. The van der Waals surface area contributed by atoms with E-state index < -0.39 is 11.9 Å². The van der Waals surface area contributed by atoms with Gasteiger partial charge in [-0.25, -0.2) is 14.4 Å². The summed E-state index contributed by atoms with van der Waals surface area (Å²) in [5.74, 6) is 0.0569. The van der Waals surface area contributed by atoms with Crippen LogP contribution >= 0.6 is 0 Å². The molecule has 3 aliphatic heterocycles. The first-order valence-electron chi connectivity index (χ1n) is 8.04. The van der Waals surface area contributed by atoms with Crippen molar-refractivity contribution in [3.8, 4) is 0 Å². The fourth-order valence-corrected chi connectivity index (χ4v) is 3.61. The molecule has 3 fully saturated rings. The minimum Gasteiger partial charge on any atom is -0.353 e. The van der Waals surface area contributed by atoms with E-state index in [1.165, 1.54) is 12.1 Å². The van der Waals surface area contributed by atoms with Gasteiger partial charge in [0.05, 0.1) is 0 Å². The fraction of sp³-hybridized carbons (Fsp3) is 0.412. The van der Waals surface area contributed by atoms with E-state index in [1.54, 1.807) is 12.1 Å². The maximum Gasteiger partial charge on any atom is 0.433 e. The molecule has 8 heteroatoms. The number of fused-ring (bicyclic) bond motifs is 2.